The van der Waals surface area contributed by atoms with Crippen molar-refractivity contribution in [3.63, 3.8) is 0 Å². The normalized spacial score (nSPS) is 20.8. The molecule has 3 unspecified atom stereocenters. The third-order valence-corrected chi connectivity index (χ3v) is 6.63. The number of hydrogen-bond donors (Lipinski definition) is 2. The van der Waals surface area contributed by atoms with E-state index in [1.54, 1.807) is 0 Å². The van der Waals surface area contributed by atoms with Gasteiger partial charge in [-0.25, -0.2) is 13.8 Å². The first-order chi connectivity index (χ1) is 16.9. The van der Waals surface area contributed by atoms with Crippen LogP contribution in [0.15, 0.2) is 35.1 Å². The SMILES string of the molecule is COc1cc(CNC(=O)c2nc3ccc(F)c(OCCC4CC5CCC4O5)c3c(=O)[nH]2)ccc1F. The highest BCUT2D eigenvalue weighted by Crippen LogP contribution is 2.40. The number of ether oxygens (including phenoxy) is 3. The third-order valence-electron chi connectivity index (χ3n) is 6.63. The fourth-order valence-corrected chi connectivity index (χ4v) is 4.87. The molecule has 2 fully saturated rings. The van der Waals surface area contributed by atoms with Crippen molar-refractivity contribution >= 4 is 16.8 Å². The highest BCUT2D eigenvalue weighted by molar-refractivity contribution is 5.93. The summed E-state index contributed by atoms with van der Waals surface area (Å²) in [6, 6.07) is 6.69. The number of aromatic amines is 1. The summed E-state index contributed by atoms with van der Waals surface area (Å²) in [4.78, 5) is 32.0. The standard InChI is InChI=1S/C25H25F2N3O5/c1-33-20-10-13(2-4-16(20)26)12-28-25(32)23-29-18-6-5-17(27)22(21(18)24(31)30-23)34-9-8-14-11-15-3-7-19(14)35-15/h2,4-6,10,14-15,19H,3,7-9,11-12H2,1H3,(H,28,32)(H,29,30,31). The molecule has 2 aromatic carbocycles. The van der Waals surface area contributed by atoms with Crippen LogP contribution in [0.2, 0.25) is 0 Å². The molecule has 2 saturated heterocycles. The molecule has 0 aliphatic carbocycles. The summed E-state index contributed by atoms with van der Waals surface area (Å²) in [7, 11) is 1.35. The zero-order chi connectivity index (χ0) is 24.5. The Bertz CT molecular complexity index is 1330. The number of carbonyl (C=O) groups excluding carboxylic acids is 1. The molecule has 2 aliphatic rings. The summed E-state index contributed by atoms with van der Waals surface area (Å²) in [6.07, 6.45) is 4.38. The first-order valence-electron chi connectivity index (χ1n) is 11.5. The number of fused-ring (bicyclic) bond motifs is 3. The summed E-state index contributed by atoms with van der Waals surface area (Å²) in [6.45, 7) is 0.303. The van der Waals surface area contributed by atoms with Gasteiger partial charge < -0.3 is 24.5 Å². The van der Waals surface area contributed by atoms with Crippen LogP contribution < -0.4 is 20.3 Å². The molecule has 0 saturated carbocycles. The zero-order valence-electron chi connectivity index (χ0n) is 19.1. The lowest BCUT2D eigenvalue weighted by molar-refractivity contribution is 0.0884. The number of benzene rings is 2. The molecule has 184 valence electrons. The second-order valence-electron chi connectivity index (χ2n) is 8.84. The van der Waals surface area contributed by atoms with E-state index in [9.17, 15) is 18.4 Å². The Labute approximate surface area is 199 Å². The Morgan fingerprint density at radius 3 is 2.80 bits per heavy atom. The van der Waals surface area contributed by atoms with Gasteiger partial charge in [-0.2, -0.15) is 0 Å². The van der Waals surface area contributed by atoms with Crippen LogP contribution in [0.4, 0.5) is 8.78 Å². The molecule has 2 bridgehead atoms. The lowest BCUT2D eigenvalue weighted by Crippen LogP contribution is -2.28. The fourth-order valence-electron chi connectivity index (χ4n) is 4.87. The number of amides is 1. The Balaban J connectivity index is 1.29. The van der Waals surface area contributed by atoms with E-state index in [1.807, 2.05) is 0 Å². The largest absolute Gasteiger partial charge is 0.494 e. The maximum Gasteiger partial charge on any atom is 0.287 e. The van der Waals surface area contributed by atoms with Crippen LogP contribution >= 0.6 is 0 Å². The molecular weight excluding hydrogens is 460 g/mol. The number of carbonyl (C=O) groups is 1. The van der Waals surface area contributed by atoms with Crippen molar-refractivity contribution in [2.45, 2.75) is 44.4 Å². The summed E-state index contributed by atoms with van der Waals surface area (Å²) in [5.41, 5.74) is 0.0572. The highest BCUT2D eigenvalue weighted by Gasteiger charge is 2.40. The molecule has 2 aliphatic heterocycles. The van der Waals surface area contributed by atoms with Crippen molar-refractivity contribution in [3.05, 3.63) is 63.7 Å². The number of hydrogen-bond acceptors (Lipinski definition) is 6. The van der Waals surface area contributed by atoms with Gasteiger partial charge in [-0.1, -0.05) is 6.07 Å². The van der Waals surface area contributed by atoms with E-state index < -0.39 is 23.1 Å². The number of halogens is 2. The molecule has 5 rings (SSSR count). The fraction of sp³-hybridized carbons (Fsp3) is 0.400. The minimum atomic E-state index is -0.679. The van der Waals surface area contributed by atoms with E-state index in [0.29, 0.717) is 24.0 Å². The van der Waals surface area contributed by atoms with Crippen LogP contribution in [0.3, 0.4) is 0 Å². The smallest absolute Gasteiger partial charge is 0.287 e. The van der Waals surface area contributed by atoms with Gasteiger partial charge in [0.05, 0.1) is 31.4 Å². The van der Waals surface area contributed by atoms with Crippen molar-refractivity contribution in [3.8, 4) is 11.5 Å². The van der Waals surface area contributed by atoms with Gasteiger partial charge in [-0.15, -0.1) is 0 Å². The number of methoxy groups -OCH3 is 1. The maximum absolute atomic E-state index is 14.6. The van der Waals surface area contributed by atoms with Crippen LogP contribution in [0.25, 0.3) is 10.9 Å². The number of nitrogens with one attached hydrogen (secondary N) is 2. The summed E-state index contributed by atoms with van der Waals surface area (Å²) in [5.74, 6) is -1.81. The van der Waals surface area contributed by atoms with E-state index >= 15 is 0 Å². The van der Waals surface area contributed by atoms with Crippen molar-refractivity contribution in [1.82, 2.24) is 15.3 Å². The van der Waals surface area contributed by atoms with Gasteiger partial charge in [0.1, 0.15) is 5.39 Å². The van der Waals surface area contributed by atoms with Gasteiger partial charge >= 0.3 is 0 Å². The van der Waals surface area contributed by atoms with Gasteiger partial charge in [0.2, 0.25) is 0 Å². The van der Waals surface area contributed by atoms with Crippen molar-refractivity contribution in [1.29, 1.82) is 0 Å². The van der Waals surface area contributed by atoms with Crippen LogP contribution in [0.1, 0.15) is 41.9 Å². The van der Waals surface area contributed by atoms with E-state index in [2.05, 4.69) is 15.3 Å². The lowest BCUT2D eigenvalue weighted by Gasteiger charge is -2.18. The Morgan fingerprint density at radius 1 is 1.23 bits per heavy atom. The minimum absolute atomic E-state index is 0.0472. The van der Waals surface area contributed by atoms with Gasteiger partial charge in [-0.05, 0) is 61.4 Å². The summed E-state index contributed by atoms with van der Waals surface area (Å²) in [5, 5.41) is 2.57. The molecule has 0 radical (unpaired) electrons. The Kier molecular flexibility index (Phi) is 6.38. The predicted octanol–water partition coefficient (Wildman–Crippen LogP) is 3.48. The van der Waals surface area contributed by atoms with Crippen LogP contribution in [0, 0.1) is 17.6 Å². The minimum Gasteiger partial charge on any atom is -0.494 e. The summed E-state index contributed by atoms with van der Waals surface area (Å²) < 4.78 is 44.6. The zero-order valence-corrected chi connectivity index (χ0v) is 19.1. The average Bonchev–Trinajstić information content (AvgIpc) is 3.48. The Morgan fingerprint density at radius 2 is 2.06 bits per heavy atom. The Hall–Kier alpha value is -3.53. The maximum atomic E-state index is 14.6. The number of nitrogens with zero attached hydrogens (tertiary/aromatic N) is 1. The van der Waals surface area contributed by atoms with Gasteiger partial charge in [0.15, 0.2) is 29.0 Å². The molecular formula is C25H25F2N3O5. The molecule has 1 aromatic heterocycles. The van der Waals surface area contributed by atoms with Crippen LogP contribution in [-0.4, -0.2) is 41.8 Å². The monoisotopic (exact) mass is 485 g/mol. The van der Waals surface area contributed by atoms with Gasteiger partial charge in [-0.3, -0.25) is 9.59 Å². The molecule has 0 spiro atoms. The van der Waals surface area contributed by atoms with Crippen LogP contribution in [-0.2, 0) is 11.3 Å². The van der Waals surface area contributed by atoms with Crippen molar-refractivity contribution in [2.75, 3.05) is 13.7 Å². The first-order valence-corrected chi connectivity index (χ1v) is 11.5. The van der Waals surface area contributed by atoms with Crippen molar-refractivity contribution in [2.24, 2.45) is 5.92 Å². The van der Waals surface area contributed by atoms with E-state index in [-0.39, 0.29) is 47.5 Å². The van der Waals surface area contributed by atoms with E-state index in [4.69, 9.17) is 14.2 Å². The van der Waals surface area contributed by atoms with Gasteiger partial charge in [0.25, 0.3) is 11.5 Å². The second-order valence-corrected chi connectivity index (χ2v) is 8.84. The van der Waals surface area contributed by atoms with Gasteiger partial charge in [0, 0.05) is 6.54 Å². The molecule has 35 heavy (non-hydrogen) atoms. The molecule has 3 aromatic rings. The van der Waals surface area contributed by atoms with Crippen LogP contribution in [0.5, 0.6) is 11.5 Å². The molecule has 3 atom stereocenters. The molecule has 3 heterocycles. The number of H-pyrrole nitrogens is 1. The lowest BCUT2D eigenvalue weighted by atomic mass is 9.87. The van der Waals surface area contributed by atoms with Crippen molar-refractivity contribution < 1.29 is 27.8 Å². The quantitative estimate of drug-likeness (QED) is 0.507. The number of aromatic nitrogens is 2. The highest BCUT2D eigenvalue weighted by atomic mass is 19.1. The average molecular weight is 485 g/mol. The summed E-state index contributed by atoms with van der Waals surface area (Å²) >= 11 is 0. The predicted molar refractivity (Wildman–Crippen MR) is 123 cm³/mol. The molecule has 2 N–H and O–H groups in total. The van der Waals surface area contributed by atoms with E-state index in [1.165, 1.54) is 31.4 Å². The molecule has 1 amide bonds. The molecule has 10 heteroatoms. The number of rotatable bonds is 8. The first kappa shape index (κ1) is 23.2. The molecule has 8 nitrogen and oxygen atoms in total. The second kappa shape index (κ2) is 9.61. The third kappa shape index (κ3) is 4.70. The topological polar surface area (TPSA) is 103 Å². The van der Waals surface area contributed by atoms with E-state index in [0.717, 1.165) is 25.3 Å².